The van der Waals surface area contributed by atoms with Crippen molar-refractivity contribution in [2.75, 3.05) is 18.0 Å². The zero-order valence-corrected chi connectivity index (χ0v) is 12.2. The van der Waals surface area contributed by atoms with Crippen LogP contribution in [0.4, 0.5) is 5.82 Å². The number of rotatable bonds is 2. The predicted molar refractivity (Wildman–Crippen MR) is 76.9 cm³/mol. The van der Waals surface area contributed by atoms with Gasteiger partial charge in [0.2, 0.25) is 0 Å². The summed E-state index contributed by atoms with van der Waals surface area (Å²) in [4.78, 5) is 6.75. The maximum atomic E-state index is 6.29. The molecule has 1 aromatic rings. The number of halogens is 1. The van der Waals surface area contributed by atoms with Crippen LogP contribution < -0.4 is 10.6 Å². The van der Waals surface area contributed by atoms with Crippen molar-refractivity contribution in [1.29, 1.82) is 0 Å². The number of hydrogen-bond donors (Lipinski definition) is 1. The average molecular weight is 268 g/mol. The number of pyridine rings is 1. The van der Waals surface area contributed by atoms with Gasteiger partial charge < -0.3 is 10.6 Å². The summed E-state index contributed by atoms with van der Waals surface area (Å²) < 4.78 is 0. The molecule has 3 nitrogen and oxygen atoms in total. The first-order chi connectivity index (χ1) is 8.41. The van der Waals surface area contributed by atoms with Gasteiger partial charge in [0.25, 0.3) is 0 Å². The van der Waals surface area contributed by atoms with E-state index in [1.807, 2.05) is 12.3 Å². The van der Waals surface area contributed by atoms with Crippen LogP contribution in [0.5, 0.6) is 0 Å². The first-order valence-electron chi connectivity index (χ1n) is 6.51. The van der Waals surface area contributed by atoms with E-state index in [1.165, 1.54) is 6.42 Å². The zero-order chi connectivity index (χ0) is 13.3. The van der Waals surface area contributed by atoms with E-state index in [1.54, 1.807) is 0 Å². The molecule has 0 bridgehead atoms. The third-order valence-corrected chi connectivity index (χ3v) is 4.10. The minimum Gasteiger partial charge on any atom is -0.355 e. The van der Waals surface area contributed by atoms with Gasteiger partial charge in [-0.3, -0.25) is 0 Å². The Hall–Kier alpha value is -0.800. The molecule has 1 unspecified atom stereocenters. The van der Waals surface area contributed by atoms with Gasteiger partial charge in [-0.25, -0.2) is 4.98 Å². The quantitative estimate of drug-likeness (QED) is 0.896. The lowest BCUT2D eigenvalue weighted by atomic mass is 9.80. The summed E-state index contributed by atoms with van der Waals surface area (Å²) in [5.74, 6) is 1.60. The topological polar surface area (TPSA) is 42.2 Å². The molecule has 0 aliphatic carbocycles. The van der Waals surface area contributed by atoms with Crippen LogP contribution >= 0.6 is 11.6 Å². The van der Waals surface area contributed by atoms with Crippen molar-refractivity contribution in [2.24, 2.45) is 17.1 Å². The van der Waals surface area contributed by atoms with Gasteiger partial charge in [0.1, 0.15) is 5.82 Å². The number of nitrogens with zero attached hydrogens (tertiary/aromatic N) is 2. The van der Waals surface area contributed by atoms with Gasteiger partial charge in [0.05, 0.1) is 5.02 Å². The number of hydrogen-bond acceptors (Lipinski definition) is 3. The summed E-state index contributed by atoms with van der Waals surface area (Å²) in [5, 5.41) is 0.715. The molecule has 0 spiro atoms. The van der Waals surface area contributed by atoms with Gasteiger partial charge in [-0.1, -0.05) is 32.4 Å². The Labute approximate surface area is 114 Å². The molecule has 0 radical (unpaired) electrons. The highest BCUT2D eigenvalue weighted by molar-refractivity contribution is 6.33. The van der Waals surface area contributed by atoms with Crippen LogP contribution in [-0.4, -0.2) is 18.1 Å². The van der Waals surface area contributed by atoms with Crippen LogP contribution in [0.1, 0.15) is 32.8 Å². The fourth-order valence-corrected chi connectivity index (χ4v) is 2.78. The van der Waals surface area contributed by atoms with Gasteiger partial charge in [0.15, 0.2) is 0 Å². The molecule has 1 aliphatic rings. The van der Waals surface area contributed by atoms with Gasteiger partial charge in [0, 0.05) is 25.8 Å². The highest BCUT2D eigenvalue weighted by atomic mass is 35.5. The first-order valence-corrected chi connectivity index (χ1v) is 6.89. The normalized spacial score (nSPS) is 20.5. The second-order valence-electron chi connectivity index (χ2n) is 6.15. The molecule has 1 aromatic heterocycles. The number of anilines is 1. The Morgan fingerprint density at radius 1 is 1.50 bits per heavy atom. The summed E-state index contributed by atoms with van der Waals surface area (Å²) in [5.41, 5.74) is 6.92. The second kappa shape index (κ2) is 5.06. The second-order valence-corrected chi connectivity index (χ2v) is 6.56. The van der Waals surface area contributed by atoms with Gasteiger partial charge >= 0.3 is 0 Å². The van der Waals surface area contributed by atoms with Crippen molar-refractivity contribution in [2.45, 2.75) is 33.7 Å². The lowest BCUT2D eigenvalue weighted by molar-refractivity contribution is 0.263. The molecule has 0 amide bonds. The van der Waals surface area contributed by atoms with E-state index in [9.17, 15) is 0 Å². The van der Waals surface area contributed by atoms with Gasteiger partial charge in [-0.15, -0.1) is 0 Å². The molecule has 1 fully saturated rings. The maximum absolute atomic E-state index is 6.29. The molecule has 18 heavy (non-hydrogen) atoms. The van der Waals surface area contributed by atoms with Crippen molar-refractivity contribution in [3.63, 3.8) is 0 Å². The third kappa shape index (κ3) is 2.78. The van der Waals surface area contributed by atoms with Crippen molar-refractivity contribution in [3.8, 4) is 0 Å². The molecule has 4 heteroatoms. The van der Waals surface area contributed by atoms with E-state index >= 15 is 0 Å². The van der Waals surface area contributed by atoms with Crippen molar-refractivity contribution in [1.82, 2.24) is 4.98 Å². The monoisotopic (exact) mass is 267 g/mol. The molecule has 1 saturated heterocycles. The van der Waals surface area contributed by atoms with Crippen LogP contribution in [-0.2, 0) is 6.54 Å². The largest absolute Gasteiger partial charge is 0.355 e. The smallest absolute Gasteiger partial charge is 0.147 e. The molecule has 1 aliphatic heterocycles. The zero-order valence-electron chi connectivity index (χ0n) is 11.4. The highest BCUT2D eigenvalue weighted by Crippen LogP contribution is 2.36. The van der Waals surface area contributed by atoms with E-state index < -0.39 is 0 Å². The summed E-state index contributed by atoms with van der Waals surface area (Å²) in [7, 11) is 0. The molecular weight excluding hydrogens is 246 g/mol. The Bertz CT molecular complexity index is 426. The standard InChI is InChI=1S/C14H22ClN3/c1-14(2,3)11-4-5-18(9-11)13-12(15)6-10(7-16)8-17-13/h6,8,11H,4-5,7,9,16H2,1-3H3. The molecule has 0 saturated carbocycles. The van der Waals surface area contributed by atoms with Crippen molar-refractivity contribution in [3.05, 3.63) is 22.8 Å². The molecule has 2 rings (SSSR count). The molecular formula is C14H22ClN3. The summed E-state index contributed by atoms with van der Waals surface area (Å²) in [6, 6.07) is 1.92. The van der Waals surface area contributed by atoms with Crippen LogP contribution in [0, 0.1) is 11.3 Å². The summed E-state index contributed by atoms with van der Waals surface area (Å²) >= 11 is 6.29. The van der Waals surface area contributed by atoms with E-state index in [-0.39, 0.29) is 0 Å². The average Bonchev–Trinajstić information content (AvgIpc) is 2.77. The lowest BCUT2D eigenvalue weighted by Crippen LogP contribution is -2.26. The van der Waals surface area contributed by atoms with Crippen LogP contribution in [0.2, 0.25) is 5.02 Å². The van der Waals surface area contributed by atoms with E-state index in [2.05, 4.69) is 30.7 Å². The van der Waals surface area contributed by atoms with Gasteiger partial charge in [-0.2, -0.15) is 0 Å². The Kier molecular flexibility index (Phi) is 3.83. The van der Waals surface area contributed by atoms with Crippen LogP contribution in [0.15, 0.2) is 12.3 Å². The fraction of sp³-hybridized carbons (Fsp3) is 0.643. The maximum Gasteiger partial charge on any atom is 0.147 e. The number of nitrogens with two attached hydrogens (primary N) is 1. The van der Waals surface area contributed by atoms with Crippen LogP contribution in [0.3, 0.4) is 0 Å². The third-order valence-electron chi connectivity index (χ3n) is 3.83. The Morgan fingerprint density at radius 2 is 2.22 bits per heavy atom. The predicted octanol–water partition coefficient (Wildman–Crippen LogP) is 3.07. The van der Waals surface area contributed by atoms with Crippen LogP contribution in [0.25, 0.3) is 0 Å². The number of aromatic nitrogens is 1. The van der Waals surface area contributed by atoms with Gasteiger partial charge in [-0.05, 0) is 29.4 Å². The first kappa shape index (κ1) is 13.6. The molecule has 1 atom stereocenters. The lowest BCUT2D eigenvalue weighted by Gasteiger charge is -2.27. The Balaban J connectivity index is 2.14. The SMILES string of the molecule is CC(C)(C)C1CCN(c2ncc(CN)cc2Cl)C1. The fourth-order valence-electron chi connectivity index (χ4n) is 2.47. The van der Waals surface area contributed by atoms with E-state index in [0.717, 1.165) is 24.5 Å². The minimum atomic E-state index is 0.346. The van der Waals surface area contributed by atoms with Crippen molar-refractivity contribution >= 4 is 17.4 Å². The molecule has 2 heterocycles. The Morgan fingerprint density at radius 3 is 2.72 bits per heavy atom. The highest BCUT2D eigenvalue weighted by Gasteiger charge is 2.32. The summed E-state index contributed by atoms with van der Waals surface area (Å²) in [6.07, 6.45) is 3.03. The summed E-state index contributed by atoms with van der Waals surface area (Å²) in [6.45, 7) is 9.46. The van der Waals surface area contributed by atoms with Crippen molar-refractivity contribution < 1.29 is 0 Å². The minimum absolute atomic E-state index is 0.346. The molecule has 100 valence electrons. The van der Waals surface area contributed by atoms with E-state index in [4.69, 9.17) is 17.3 Å². The molecule has 2 N–H and O–H groups in total. The molecule has 0 aromatic carbocycles. The van der Waals surface area contributed by atoms with E-state index in [0.29, 0.717) is 22.9 Å².